The Hall–Kier alpha value is -1.10. The standard InChI is InChI=1S/C7H13NO4/c1-3-5(9)6(10)8-4(2)7(11)12/h4-5,9H,3H2,1-2H3,(H,8,10)(H,11,12)/t4-,5?/m0/s1. The van der Waals surface area contributed by atoms with E-state index < -0.39 is 24.0 Å². The van der Waals surface area contributed by atoms with E-state index in [1.54, 1.807) is 6.92 Å². The molecule has 0 aromatic rings. The molecule has 0 aliphatic carbocycles. The highest BCUT2D eigenvalue weighted by Gasteiger charge is 2.18. The van der Waals surface area contributed by atoms with Gasteiger partial charge in [-0.1, -0.05) is 6.92 Å². The van der Waals surface area contributed by atoms with Crippen LogP contribution in [0.15, 0.2) is 0 Å². The van der Waals surface area contributed by atoms with Gasteiger partial charge >= 0.3 is 5.97 Å². The van der Waals surface area contributed by atoms with E-state index in [1.807, 2.05) is 0 Å². The molecule has 0 rings (SSSR count). The number of carbonyl (C=O) groups is 2. The van der Waals surface area contributed by atoms with E-state index in [0.717, 1.165) is 0 Å². The number of aliphatic carboxylic acids is 1. The molecule has 0 radical (unpaired) electrons. The minimum Gasteiger partial charge on any atom is -0.480 e. The number of aliphatic hydroxyl groups is 1. The molecule has 5 heteroatoms. The average molecular weight is 175 g/mol. The summed E-state index contributed by atoms with van der Waals surface area (Å²) in [5.41, 5.74) is 0. The lowest BCUT2D eigenvalue weighted by Crippen LogP contribution is -2.43. The van der Waals surface area contributed by atoms with Gasteiger partial charge in [0.25, 0.3) is 0 Å². The van der Waals surface area contributed by atoms with Crippen molar-refractivity contribution in [3.63, 3.8) is 0 Å². The maximum absolute atomic E-state index is 10.9. The number of carboxylic acids is 1. The zero-order chi connectivity index (χ0) is 9.72. The van der Waals surface area contributed by atoms with Crippen LogP contribution in [-0.2, 0) is 9.59 Å². The van der Waals surface area contributed by atoms with Crippen LogP contribution in [-0.4, -0.2) is 34.2 Å². The SMILES string of the molecule is CCC(O)C(=O)N[C@@H](C)C(=O)O. The number of hydrogen-bond donors (Lipinski definition) is 3. The lowest BCUT2D eigenvalue weighted by atomic mass is 10.2. The molecule has 0 fully saturated rings. The van der Waals surface area contributed by atoms with Crippen molar-refractivity contribution in [2.45, 2.75) is 32.4 Å². The van der Waals surface area contributed by atoms with Gasteiger partial charge in [0.1, 0.15) is 12.1 Å². The summed E-state index contributed by atoms with van der Waals surface area (Å²) < 4.78 is 0. The number of nitrogens with one attached hydrogen (secondary N) is 1. The lowest BCUT2D eigenvalue weighted by molar-refractivity contribution is -0.142. The van der Waals surface area contributed by atoms with Crippen molar-refractivity contribution < 1.29 is 19.8 Å². The highest BCUT2D eigenvalue weighted by atomic mass is 16.4. The number of carbonyl (C=O) groups excluding carboxylic acids is 1. The van der Waals surface area contributed by atoms with Crippen LogP contribution in [0.3, 0.4) is 0 Å². The average Bonchev–Trinajstić information content (AvgIpc) is 2.02. The molecule has 0 aliphatic heterocycles. The Morgan fingerprint density at radius 3 is 2.33 bits per heavy atom. The topological polar surface area (TPSA) is 86.6 Å². The third-order valence-electron chi connectivity index (χ3n) is 1.42. The first kappa shape index (κ1) is 10.9. The fourth-order valence-corrected chi connectivity index (χ4v) is 0.557. The molecule has 0 spiro atoms. The number of hydrogen-bond acceptors (Lipinski definition) is 3. The molecular formula is C7H13NO4. The molecule has 3 N–H and O–H groups in total. The van der Waals surface area contributed by atoms with Crippen molar-refractivity contribution >= 4 is 11.9 Å². The van der Waals surface area contributed by atoms with Crippen LogP contribution in [0.5, 0.6) is 0 Å². The molecule has 1 unspecified atom stereocenters. The van der Waals surface area contributed by atoms with Gasteiger partial charge in [-0.15, -0.1) is 0 Å². The lowest BCUT2D eigenvalue weighted by Gasteiger charge is -2.11. The van der Waals surface area contributed by atoms with Crippen molar-refractivity contribution in [2.75, 3.05) is 0 Å². The largest absolute Gasteiger partial charge is 0.480 e. The normalized spacial score (nSPS) is 14.9. The molecule has 0 bridgehead atoms. The third kappa shape index (κ3) is 3.34. The Balaban J connectivity index is 3.92. The predicted molar refractivity (Wildman–Crippen MR) is 41.5 cm³/mol. The number of amides is 1. The number of carboxylic acid groups (broad SMARTS) is 1. The molecular weight excluding hydrogens is 162 g/mol. The van der Waals surface area contributed by atoms with Crippen LogP contribution >= 0.6 is 0 Å². The molecule has 70 valence electrons. The van der Waals surface area contributed by atoms with Crippen LogP contribution < -0.4 is 5.32 Å². The third-order valence-corrected chi connectivity index (χ3v) is 1.42. The van der Waals surface area contributed by atoms with E-state index in [4.69, 9.17) is 10.2 Å². The van der Waals surface area contributed by atoms with Crippen LogP contribution in [0, 0.1) is 0 Å². The quantitative estimate of drug-likeness (QED) is 0.529. The summed E-state index contributed by atoms with van der Waals surface area (Å²) in [5.74, 6) is -1.76. The van der Waals surface area contributed by atoms with Gasteiger partial charge in [0.05, 0.1) is 0 Å². The molecule has 5 nitrogen and oxygen atoms in total. The second-order valence-corrected chi connectivity index (χ2v) is 2.49. The maximum atomic E-state index is 10.9. The highest BCUT2D eigenvalue weighted by molar-refractivity contribution is 5.85. The van der Waals surface area contributed by atoms with Crippen LogP contribution in [0.2, 0.25) is 0 Å². The monoisotopic (exact) mass is 175 g/mol. The fourth-order valence-electron chi connectivity index (χ4n) is 0.557. The second-order valence-electron chi connectivity index (χ2n) is 2.49. The zero-order valence-electron chi connectivity index (χ0n) is 7.07. The Labute approximate surface area is 70.4 Å². The van der Waals surface area contributed by atoms with E-state index in [2.05, 4.69) is 5.32 Å². The van der Waals surface area contributed by atoms with E-state index >= 15 is 0 Å². The van der Waals surface area contributed by atoms with E-state index in [-0.39, 0.29) is 6.42 Å². The van der Waals surface area contributed by atoms with Crippen molar-refractivity contribution in [3.05, 3.63) is 0 Å². The van der Waals surface area contributed by atoms with Crippen molar-refractivity contribution in [3.8, 4) is 0 Å². The first-order valence-electron chi connectivity index (χ1n) is 3.70. The molecule has 0 aliphatic rings. The van der Waals surface area contributed by atoms with Crippen molar-refractivity contribution in [1.82, 2.24) is 5.32 Å². The van der Waals surface area contributed by atoms with Crippen molar-refractivity contribution in [1.29, 1.82) is 0 Å². The summed E-state index contributed by atoms with van der Waals surface area (Å²) >= 11 is 0. The van der Waals surface area contributed by atoms with Crippen LogP contribution in [0.1, 0.15) is 20.3 Å². The molecule has 1 amide bonds. The van der Waals surface area contributed by atoms with Gasteiger partial charge in [0.15, 0.2) is 0 Å². The van der Waals surface area contributed by atoms with Gasteiger partial charge in [-0.05, 0) is 13.3 Å². The first-order chi connectivity index (χ1) is 5.49. The van der Waals surface area contributed by atoms with E-state index in [1.165, 1.54) is 6.92 Å². The van der Waals surface area contributed by atoms with E-state index in [0.29, 0.717) is 0 Å². The minimum atomic E-state index is -1.12. The molecule has 12 heavy (non-hydrogen) atoms. The fraction of sp³-hybridized carbons (Fsp3) is 0.714. The zero-order valence-corrected chi connectivity index (χ0v) is 7.07. The van der Waals surface area contributed by atoms with Gasteiger partial charge in [-0.25, -0.2) is 0 Å². The second kappa shape index (κ2) is 4.71. The Morgan fingerprint density at radius 2 is 2.00 bits per heavy atom. The van der Waals surface area contributed by atoms with Crippen LogP contribution in [0.4, 0.5) is 0 Å². The molecule has 0 saturated heterocycles. The van der Waals surface area contributed by atoms with Gasteiger partial charge in [0, 0.05) is 0 Å². The Morgan fingerprint density at radius 1 is 1.50 bits per heavy atom. The summed E-state index contributed by atoms with van der Waals surface area (Å²) in [6, 6.07) is -0.960. The van der Waals surface area contributed by atoms with Gasteiger partial charge in [0.2, 0.25) is 5.91 Å². The molecule has 0 aromatic carbocycles. The first-order valence-corrected chi connectivity index (χ1v) is 3.70. The summed E-state index contributed by atoms with van der Waals surface area (Å²) in [5, 5.41) is 19.5. The Bertz CT molecular complexity index is 180. The van der Waals surface area contributed by atoms with Crippen molar-refractivity contribution in [2.24, 2.45) is 0 Å². The predicted octanol–water partition coefficient (Wildman–Crippen LogP) is -0.653. The van der Waals surface area contributed by atoms with Gasteiger partial charge < -0.3 is 15.5 Å². The molecule has 0 aromatic heterocycles. The molecule has 0 saturated carbocycles. The van der Waals surface area contributed by atoms with Crippen LogP contribution in [0.25, 0.3) is 0 Å². The maximum Gasteiger partial charge on any atom is 0.325 e. The minimum absolute atomic E-state index is 0.276. The molecule has 0 heterocycles. The summed E-state index contributed by atoms with van der Waals surface area (Å²) in [4.78, 5) is 21.1. The summed E-state index contributed by atoms with van der Waals surface area (Å²) in [6.45, 7) is 2.97. The summed E-state index contributed by atoms with van der Waals surface area (Å²) in [7, 11) is 0. The smallest absolute Gasteiger partial charge is 0.325 e. The van der Waals surface area contributed by atoms with E-state index in [9.17, 15) is 9.59 Å². The highest BCUT2D eigenvalue weighted by Crippen LogP contribution is 1.91. The van der Waals surface area contributed by atoms with Gasteiger partial charge in [-0.3, -0.25) is 9.59 Å². The molecule has 2 atom stereocenters. The number of rotatable bonds is 4. The van der Waals surface area contributed by atoms with Gasteiger partial charge in [-0.2, -0.15) is 0 Å². The summed E-state index contributed by atoms with van der Waals surface area (Å²) in [6.07, 6.45) is -0.843. The number of aliphatic hydroxyl groups excluding tert-OH is 1. The Kier molecular flexibility index (Phi) is 4.28.